The number of hydrogen-bond donors (Lipinski definition) is 2. The van der Waals surface area contributed by atoms with E-state index >= 15 is 0 Å². The monoisotopic (exact) mass is 286 g/mol. The highest BCUT2D eigenvalue weighted by Crippen LogP contribution is 2.33. The third-order valence-corrected chi connectivity index (χ3v) is 3.76. The lowest BCUT2D eigenvalue weighted by molar-refractivity contribution is -0.384. The first-order valence-electron chi connectivity index (χ1n) is 5.80. The Kier molecular flexibility index (Phi) is 3.03. The van der Waals surface area contributed by atoms with E-state index in [-0.39, 0.29) is 5.69 Å². The average molecular weight is 286 g/mol. The molecule has 1 heterocycles. The lowest BCUT2D eigenvalue weighted by atomic mass is 10.3. The minimum absolute atomic E-state index is 0.0172. The van der Waals surface area contributed by atoms with Crippen LogP contribution >= 0.6 is 11.8 Å². The fourth-order valence-electron chi connectivity index (χ4n) is 1.82. The van der Waals surface area contributed by atoms with Gasteiger partial charge in [0.1, 0.15) is 0 Å². The maximum absolute atomic E-state index is 10.7. The maximum atomic E-state index is 10.7. The van der Waals surface area contributed by atoms with Crippen molar-refractivity contribution >= 4 is 34.2 Å². The number of imidazole rings is 1. The van der Waals surface area contributed by atoms with Crippen LogP contribution in [0, 0.1) is 10.1 Å². The predicted octanol–water partition coefficient (Wildman–Crippen LogP) is 3.20. The molecule has 0 saturated heterocycles. The van der Waals surface area contributed by atoms with Gasteiger partial charge in [-0.2, -0.15) is 0 Å². The number of nitro groups is 1. The largest absolute Gasteiger partial charge is 0.398 e. The van der Waals surface area contributed by atoms with Gasteiger partial charge >= 0.3 is 0 Å². The molecule has 0 aliphatic carbocycles. The molecule has 0 bridgehead atoms. The molecule has 0 saturated carbocycles. The first-order valence-corrected chi connectivity index (χ1v) is 6.61. The summed E-state index contributed by atoms with van der Waals surface area (Å²) in [5, 5.41) is 11.4. The summed E-state index contributed by atoms with van der Waals surface area (Å²) in [6.45, 7) is 0. The molecule has 0 spiro atoms. The first kappa shape index (κ1) is 12.5. The molecule has 0 fully saturated rings. The number of anilines is 1. The highest BCUT2D eigenvalue weighted by molar-refractivity contribution is 7.99. The van der Waals surface area contributed by atoms with E-state index in [1.807, 2.05) is 24.3 Å². The van der Waals surface area contributed by atoms with Crippen molar-refractivity contribution in [3.63, 3.8) is 0 Å². The Morgan fingerprint density at radius 2 is 2.05 bits per heavy atom. The molecule has 3 N–H and O–H groups in total. The van der Waals surface area contributed by atoms with Gasteiger partial charge in [0, 0.05) is 17.0 Å². The van der Waals surface area contributed by atoms with Gasteiger partial charge in [-0.05, 0) is 30.0 Å². The van der Waals surface area contributed by atoms with Crippen molar-refractivity contribution in [2.24, 2.45) is 0 Å². The molecular weight excluding hydrogens is 276 g/mol. The summed E-state index contributed by atoms with van der Waals surface area (Å²) in [5.74, 6) is 0. The van der Waals surface area contributed by atoms with E-state index in [1.54, 1.807) is 6.07 Å². The number of para-hydroxylation sites is 2. The van der Waals surface area contributed by atoms with Crippen LogP contribution in [-0.4, -0.2) is 14.9 Å². The molecule has 2 aromatic carbocycles. The third kappa shape index (κ3) is 2.30. The van der Waals surface area contributed by atoms with Gasteiger partial charge < -0.3 is 10.7 Å². The van der Waals surface area contributed by atoms with Crippen LogP contribution in [0.2, 0.25) is 0 Å². The fraction of sp³-hybridized carbons (Fsp3) is 0. The quantitative estimate of drug-likeness (QED) is 0.437. The first-order chi connectivity index (χ1) is 9.63. The molecule has 0 radical (unpaired) electrons. The Morgan fingerprint density at radius 1 is 1.25 bits per heavy atom. The molecule has 1 aromatic heterocycles. The highest BCUT2D eigenvalue weighted by Gasteiger charge is 2.11. The lowest BCUT2D eigenvalue weighted by Crippen LogP contribution is -1.93. The number of fused-ring (bicyclic) bond motifs is 1. The Hall–Kier alpha value is -2.54. The summed E-state index contributed by atoms with van der Waals surface area (Å²) >= 11 is 1.35. The summed E-state index contributed by atoms with van der Waals surface area (Å²) in [6, 6.07) is 12.1. The number of nitrogens with two attached hydrogens (primary N) is 1. The number of non-ortho nitro benzene ring substituents is 1. The van der Waals surface area contributed by atoms with Gasteiger partial charge in [-0.1, -0.05) is 12.1 Å². The minimum atomic E-state index is -0.466. The van der Waals surface area contributed by atoms with Gasteiger partial charge in [0.05, 0.1) is 21.6 Å². The topological polar surface area (TPSA) is 97.8 Å². The average Bonchev–Trinajstić information content (AvgIpc) is 2.83. The predicted molar refractivity (Wildman–Crippen MR) is 77.7 cm³/mol. The number of benzene rings is 2. The number of nitrogen functional groups attached to an aromatic ring is 1. The van der Waals surface area contributed by atoms with Crippen LogP contribution in [0.4, 0.5) is 11.4 Å². The molecule has 100 valence electrons. The van der Waals surface area contributed by atoms with Crippen molar-refractivity contribution in [3.05, 3.63) is 52.6 Å². The summed E-state index contributed by atoms with van der Waals surface area (Å²) in [7, 11) is 0. The molecule has 7 heteroatoms. The Morgan fingerprint density at radius 3 is 2.75 bits per heavy atom. The molecule has 0 aliphatic rings. The van der Waals surface area contributed by atoms with Crippen molar-refractivity contribution in [1.29, 1.82) is 0 Å². The summed E-state index contributed by atoms with van der Waals surface area (Å²) in [6.07, 6.45) is 0. The SMILES string of the molecule is Nc1cc([N+](=O)[O-])ccc1Sc1nc2ccccc2[nH]1. The molecule has 0 aliphatic heterocycles. The zero-order valence-corrected chi connectivity index (χ0v) is 11.1. The Bertz CT molecular complexity index is 767. The van der Waals surface area contributed by atoms with Crippen molar-refractivity contribution in [1.82, 2.24) is 9.97 Å². The van der Waals surface area contributed by atoms with Gasteiger partial charge in [0.25, 0.3) is 5.69 Å². The van der Waals surface area contributed by atoms with Crippen LogP contribution in [0.25, 0.3) is 11.0 Å². The summed E-state index contributed by atoms with van der Waals surface area (Å²) < 4.78 is 0. The molecular formula is C13H10N4O2S. The van der Waals surface area contributed by atoms with Crippen molar-refractivity contribution < 1.29 is 4.92 Å². The smallest absolute Gasteiger partial charge is 0.271 e. The Labute approximate surface area is 118 Å². The standard InChI is InChI=1S/C13H10N4O2S/c14-9-7-8(17(18)19)5-6-12(9)20-13-15-10-3-1-2-4-11(10)16-13/h1-7H,14H2,(H,15,16). The van der Waals surface area contributed by atoms with Crippen LogP contribution in [0.15, 0.2) is 52.5 Å². The van der Waals surface area contributed by atoms with Gasteiger partial charge in [0.2, 0.25) is 0 Å². The summed E-state index contributed by atoms with van der Waals surface area (Å²) in [4.78, 5) is 18.5. The van der Waals surface area contributed by atoms with E-state index in [0.717, 1.165) is 15.9 Å². The molecule has 3 aromatic rings. The van der Waals surface area contributed by atoms with Gasteiger partial charge in [-0.25, -0.2) is 4.98 Å². The van der Waals surface area contributed by atoms with Gasteiger partial charge in [-0.3, -0.25) is 10.1 Å². The van der Waals surface area contributed by atoms with Crippen LogP contribution < -0.4 is 5.73 Å². The number of aromatic nitrogens is 2. The number of aromatic amines is 1. The second-order valence-corrected chi connectivity index (χ2v) is 5.17. The highest BCUT2D eigenvalue weighted by atomic mass is 32.2. The maximum Gasteiger partial charge on any atom is 0.271 e. The third-order valence-electron chi connectivity index (χ3n) is 2.78. The normalized spacial score (nSPS) is 10.8. The van der Waals surface area contributed by atoms with E-state index in [9.17, 15) is 10.1 Å². The Balaban J connectivity index is 1.92. The molecule has 3 rings (SSSR count). The van der Waals surface area contributed by atoms with Crippen LogP contribution in [0.5, 0.6) is 0 Å². The van der Waals surface area contributed by atoms with E-state index in [2.05, 4.69) is 9.97 Å². The zero-order valence-electron chi connectivity index (χ0n) is 10.2. The number of H-pyrrole nitrogens is 1. The van der Waals surface area contributed by atoms with E-state index in [1.165, 1.54) is 23.9 Å². The van der Waals surface area contributed by atoms with E-state index in [4.69, 9.17) is 5.73 Å². The van der Waals surface area contributed by atoms with E-state index in [0.29, 0.717) is 10.8 Å². The lowest BCUT2D eigenvalue weighted by Gasteiger charge is -2.02. The molecule has 0 amide bonds. The van der Waals surface area contributed by atoms with E-state index < -0.39 is 4.92 Å². The van der Waals surface area contributed by atoms with Crippen LogP contribution in [0.1, 0.15) is 0 Å². The van der Waals surface area contributed by atoms with Gasteiger partial charge in [-0.15, -0.1) is 0 Å². The number of nitrogens with zero attached hydrogens (tertiary/aromatic N) is 2. The fourth-order valence-corrected chi connectivity index (χ4v) is 2.65. The van der Waals surface area contributed by atoms with Crippen LogP contribution in [-0.2, 0) is 0 Å². The summed E-state index contributed by atoms with van der Waals surface area (Å²) in [5.41, 5.74) is 7.99. The molecule has 0 atom stereocenters. The number of rotatable bonds is 3. The van der Waals surface area contributed by atoms with Crippen molar-refractivity contribution in [2.75, 3.05) is 5.73 Å². The second kappa shape index (κ2) is 4.86. The number of hydrogen-bond acceptors (Lipinski definition) is 5. The second-order valence-electron chi connectivity index (χ2n) is 4.14. The number of nitrogens with one attached hydrogen (secondary N) is 1. The van der Waals surface area contributed by atoms with Crippen LogP contribution in [0.3, 0.4) is 0 Å². The number of nitro benzene ring substituents is 1. The molecule has 0 unspecified atom stereocenters. The molecule has 6 nitrogen and oxygen atoms in total. The van der Waals surface area contributed by atoms with Crippen molar-refractivity contribution in [2.45, 2.75) is 10.1 Å². The molecule has 20 heavy (non-hydrogen) atoms. The van der Waals surface area contributed by atoms with Crippen molar-refractivity contribution in [3.8, 4) is 0 Å². The van der Waals surface area contributed by atoms with Gasteiger partial charge in [0.15, 0.2) is 5.16 Å². The minimum Gasteiger partial charge on any atom is -0.398 e. The zero-order chi connectivity index (χ0) is 14.1.